The molecule has 1 heterocycles. The first-order valence-electron chi connectivity index (χ1n) is 9.83. The molecule has 1 aromatic heterocycles. The molecule has 7 nitrogen and oxygen atoms in total. The molecule has 0 aliphatic rings. The molecule has 0 radical (unpaired) electrons. The predicted molar refractivity (Wildman–Crippen MR) is 119 cm³/mol. The Bertz CT molecular complexity index is 1160. The van der Waals surface area contributed by atoms with Crippen LogP contribution in [0.4, 0.5) is 11.5 Å². The number of carbonyl (C=O) groups excluding carboxylic acids is 1. The maximum atomic E-state index is 13.4. The number of hydrogen-bond acceptors (Lipinski definition) is 4. The number of nitrogens with one attached hydrogen (secondary N) is 1. The summed E-state index contributed by atoms with van der Waals surface area (Å²) in [5.41, 5.74) is 7.15. The minimum Gasteiger partial charge on any atom is -0.383 e. The van der Waals surface area contributed by atoms with Crippen molar-refractivity contribution < 1.29 is 4.79 Å². The highest BCUT2D eigenvalue weighted by Gasteiger charge is 2.26. The molecule has 3 rings (SSSR count). The van der Waals surface area contributed by atoms with Gasteiger partial charge >= 0.3 is 5.69 Å². The summed E-state index contributed by atoms with van der Waals surface area (Å²) in [6, 6.07) is 16.5. The third-order valence-electron chi connectivity index (χ3n) is 4.84. The number of benzene rings is 2. The molecule has 0 saturated carbocycles. The standard InChI is InChI=1S/C23H26N4O3/c1-15(2)13-26(22(29)18-12-8-7-9-16(18)3)19-20(24)27(23(30)25-21(19)28)14-17-10-5-4-6-11-17/h4-12,15H,13-14,24H2,1-3H3,(H,25,28,30). The van der Waals surface area contributed by atoms with E-state index < -0.39 is 11.2 Å². The molecule has 0 aliphatic heterocycles. The fraction of sp³-hybridized carbons (Fsp3) is 0.261. The van der Waals surface area contributed by atoms with E-state index in [9.17, 15) is 14.4 Å². The number of nitrogens with zero attached hydrogens (tertiary/aromatic N) is 2. The molecular weight excluding hydrogens is 380 g/mol. The number of nitrogens with two attached hydrogens (primary N) is 1. The summed E-state index contributed by atoms with van der Waals surface area (Å²) >= 11 is 0. The minimum absolute atomic E-state index is 0.00696. The highest BCUT2D eigenvalue weighted by Crippen LogP contribution is 2.22. The van der Waals surface area contributed by atoms with Gasteiger partial charge in [-0.2, -0.15) is 0 Å². The molecule has 0 saturated heterocycles. The van der Waals surface area contributed by atoms with Gasteiger partial charge in [0, 0.05) is 12.1 Å². The number of aromatic amines is 1. The number of aromatic nitrogens is 2. The van der Waals surface area contributed by atoms with Crippen molar-refractivity contribution in [2.75, 3.05) is 17.2 Å². The first kappa shape index (κ1) is 21.1. The van der Waals surface area contributed by atoms with Crippen molar-refractivity contribution in [3.8, 4) is 0 Å². The summed E-state index contributed by atoms with van der Waals surface area (Å²) in [4.78, 5) is 42.3. The van der Waals surface area contributed by atoms with Gasteiger partial charge in [0.25, 0.3) is 11.5 Å². The second kappa shape index (κ2) is 8.82. The summed E-state index contributed by atoms with van der Waals surface area (Å²) in [5, 5.41) is 0. The van der Waals surface area contributed by atoms with E-state index in [1.165, 1.54) is 9.47 Å². The average Bonchev–Trinajstić information content (AvgIpc) is 2.70. The van der Waals surface area contributed by atoms with Crippen molar-refractivity contribution in [1.29, 1.82) is 0 Å². The van der Waals surface area contributed by atoms with E-state index in [-0.39, 0.29) is 36.4 Å². The Kier molecular flexibility index (Phi) is 6.20. The maximum absolute atomic E-state index is 13.4. The van der Waals surface area contributed by atoms with Gasteiger partial charge in [-0.15, -0.1) is 0 Å². The predicted octanol–water partition coefficient (Wildman–Crippen LogP) is 2.78. The van der Waals surface area contributed by atoms with Gasteiger partial charge in [0.2, 0.25) is 0 Å². The van der Waals surface area contributed by atoms with Gasteiger partial charge in [-0.25, -0.2) is 4.79 Å². The van der Waals surface area contributed by atoms with Crippen LogP contribution in [0.1, 0.15) is 35.3 Å². The molecule has 3 aromatic rings. The lowest BCUT2D eigenvalue weighted by Gasteiger charge is -2.26. The van der Waals surface area contributed by atoms with Crippen molar-refractivity contribution in [1.82, 2.24) is 9.55 Å². The number of H-pyrrole nitrogens is 1. The van der Waals surface area contributed by atoms with E-state index in [1.807, 2.05) is 63.2 Å². The lowest BCUT2D eigenvalue weighted by molar-refractivity contribution is 0.0983. The molecule has 0 fully saturated rings. The lowest BCUT2D eigenvalue weighted by atomic mass is 10.1. The highest BCUT2D eigenvalue weighted by molar-refractivity contribution is 6.08. The van der Waals surface area contributed by atoms with Crippen molar-refractivity contribution in [2.45, 2.75) is 27.3 Å². The van der Waals surface area contributed by atoms with Gasteiger partial charge in [0.1, 0.15) is 5.82 Å². The van der Waals surface area contributed by atoms with Gasteiger partial charge in [-0.05, 0) is 30.0 Å². The molecule has 2 aromatic carbocycles. The summed E-state index contributed by atoms with van der Waals surface area (Å²) < 4.78 is 1.28. The van der Waals surface area contributed by atoms with Crippen LogP contribution in [-0.2, 0) is 6.54 Å². The molecule has 1 amide bonds. The van der Waals surface area contributed by atoms with Crippen LogP contribution in [0.25, 0.3) is 0 Å². The quantitative estimate of drug-likeness (QED) is 0.657. The van der Waals surface area contributed by atoms with Gasteiger partial charge in [-0.1, -0.05) is 62.4 Å². The van der Waals surface area contributed by atoms with Crippen LogP contribution in [0.15, 0.2) is 64.2 Å². The third kappa shape index (κ3) is 4.35. The molecule has 3 N–H and O–H groups in total. The number of amides is 1. The number of anilines is 2. The number of nitrogen functional groups attached to an aromatic ring is 1. The van der Waals surface area contributed by atoms with Crippen molar-refractivity contribution in [3.05, 3.63) is 92.1 Å². The summed E-state index contributed by atoms with van der Waals surface area (Å²) in [6.07, 6.45) is 0. The van der Waals surface area contributed by atoms with Crippen LogP contribution >= 0.6 is 0 Å². The van der Waals surface area contributed by atoms with Crippen LogP contribution in [-0.4, -0.2) is 22.0 Å². The molecule has 7 heteroatoms. The Balaban J connectivity index is 2.15. The number of rotatable bonds is 6. The monoisotopic (exact) mass is 406 g/mol. The van der Waals surface area contributed by atoms with Gasteiger partial charge in [0.15, 0.2) is 5.69 Å². The van der Waals surface area contributed by atoms with E-state index in [1.54, 1.807) is 12.1 Å². The Labute approximate surface area is 174 Å². The zero-order valence-electron chi connectivity index (χ0n) is 17.4. The normalized spacial score (nSPS) is 10.9. The topological polar surface area (TPSA) is 101 Å². The van der Waals surface area contributed by atoms with Gasteiger partial charge < -0.3 is 10.6 Å². The first-order valence-corrected chi connectivity index (χ1v) is 9.83. The maximum Gasteiger partial charge on any atom is 0.330 e. The summed E-state index contributed by atoms with van der Waals surface area (Å²) in [7, 11) is 0. The molecule has 0 spiro atoms. The number of hydrogen-bond donors (Lipinski definition) is 2. The second-order valence-electron chi connectivity index (χ2n) is 7.69. The fourth-order valence-corrected chi connectivity index (χ4v) is 3.36. The molecular formula is C23H26N4O3. The van der Waals surface area contributed by atoms with E-state index in [2.05, 4.69) is 4.98 Å². The van der Waals surface area contributed by atoms with E-state index in [0.29, 0.717) is 5.56 Å². The molecule has 0 unspecified atom stereocenters. The minimum atomic E-state index is -0.676. The van der Waals surface area contributed by atoms with Crippen LogP contribution in [0.3, 0.4) is 0 Å². The van der Waals surface area contributed by atoms with Crippen LogP contribution in [0.5, 0.6) is 0 Å². The summed E-state index contributed by atoms with van der Waals surface area (Å²) in [6.45, 7) is 6.20. The third-order valence-corrected chi connectivity index (χ3v) is 4.84. The smallest absolute Gasteiger partial charge is 0.330 e. The Hall–Kier alpha value is -3.61. The highest BCUT2D eigenvalue weighted by atomic mass is 16.2. The van der Waals surface area contributed by atoms with Crippen molar-refractivity contribution in [3.63, 3.8) is 0 Å². The van der Waals surface area contributed by atoms with Crippen LogP contribution in [0.2, 0.25) is 0 Å². The number of aryl methyl sites for hydroxylation is 1. The van der Waals surface area contributed by atoms with Crippen molar-refractivity contribution >= 4 is 17.4 Å². The van der Waals surface area contributed by atoms with E-state index >= 15 is 0 Å². The molecule has 0 bridgehead atoms. The zero-order valence-corrected chi connectivity index (χ0v) is 17.4. The first-order chi connectivity index (χ1) is 14.3. The molecule has 0 aliphatic carbocycles. The Morgan fingerprint density at radius 1 is 1.07 bits per heavy atom. The van der Waals surface area contributed by atoms with Gasteiger partial charge in [0.05, 0.1) is 6.54 Å². The zero-order chi connectivity index (χ0) is 21.8. The average molecular weight is 406 g/mol. The van der Waals surface area contributed by atoms with Gasteiger partial charge in [-0.3, -0.25) is 19.1 Å². The van der Waals surface area contributed by atoms with E-state index in [0.717, 1.165) is 11.1 Å². The Morgan fingerprint density at radius 2 is 1.70 bits per heavy atom. The van der Waals surface area contributed by atoms with Crippen molar-refractivity contribution in [2.24, 2.45) is 5.92 Å². The van der Waals surface area contributed by atoms with Crippen LogP contribution < -0.4 is 21.9 Å². The number of carbonyl (C=O) groups is 1. The Morgan fingerprint density at radius 3 is 2.33 bits per heavy atom. The largest absolute Gasteiger partial charge is 0.383 e. The van der Waals surface area contributed by atoms with E-state index in [4.69, 9.17) is 5.73 Å². The SMILES string of the molecule is Cc1ccccc1C(=O)N(CC(C)C)c1c(N)n(Cc2ccccc2)c(=O)[nH]c1=O. The molecule has 0 atom stereocenters. The second-order valence-corrected chi connectivity index (χ2v) is 7.69. The molecule has 30 heavy (non-hydrogen) atoms. The van der Waals surface area contributed by atoms with Crippen LogP contribution in [0, 0.1) is 12.8 Å². The molecule has 156 valence electrons. The summed E-state index contributed by atoms with van der Waals surface area (Å²) in [5.74, 6) is -0.287. The lowest BCUT2D eigenvalue weighted by Crippen LogP contribution is -2.43. The fourth-order valence-electron chi connectivity index (χ4n) is 3.36.